The first-order valence-corrected chi connectivity index (χ1v) is 8.23. The lowest BCUT2D eigenvalue weighted by molar-refractivity contribution is -0.117. The molecule has 6 nitrogen and oxygen atoms in total. The molecule has 3 aromatic rings. The number of aromatic nitrogens is 2. The van der Waals surface area contributed by atoms with Crippen LogP contribution in [-0.4, -0.2) is 21.4 Å². The summed E-state index contributed by atoms with van der Waals surface area (Å²) in [5.41, 5.74) is 6.08. The summed E-state index contributed by atoms with van der Waals surface area (Å²) in [6, 6.07) is 12.6. The number of carbonyl (C=O) groups excluding carboxylic acids is 2. The van der Waals surface area contributed by atoms with Gasteiger partial charge in [0.25, 0.3) is 11.8 Å². The average Bonchev–Trinajstić information content (AvgIpc) is 3.15. The maximum absolute atomic E-state index is 13.0. The van der Waals surface area contributed by atoms with E-state index >= 15 is 0 Å². The van der Waals surface area contributed by atoms with Crippen molar-refractivity contribution >= 4 is 29.5 Å². The van der Waals surface area contributed by atoms with E-state index in [0.717, 1.165) is 5.56 Å². The number of nitrogens with one attached hydrogen (secondary N) is 2. The summed E-state index contributed by atoms with van der Waals surface area (Å²) in [5.74, 6) is -1.47. The molecule has 3 rings (SSSR count). The van der Waals surface area contributed by atoms with Gasteiger partial charge in [0.2, 0.25) is 0 Å². The van der Waals surface area contributed by atoms with E-state index in [1.54, 1.807) is 30.3 Å². The van der Waals surface area contributed by atoms with Crippen LogP contribution in [0.25, 0.3) is 11.8 Å². The van der Waals surface area contributed by atoms with Gasteiger partial charge >= 0.3 is 0 Å². The molecule has 2 aromatic carbocycles. The molecule has 2 amide bonds. The lowest BCUT2D eigenvalue weighted by Gasteiger charge is -2.09. The Morgan fingerprint density at radius 1 is 1.11 bits per heavy atom. The number of hydrazine groups is 1. The van der Waals surface area contributed by atoms with Crippen molar-refractivity contribution in [3.63, 3.8) is 0 Å². The van der Waals surface area contributed by atoms with Crippen LogP contribution in [0, 0.1) is 5.82 Å². The summed E-state index contributed by atoms with van der Waals surface area (Å²) in [7, 11) is 0. The molecule has 0 atom stereocenters. The standard InChI is InChI=1S/C19H14ClFN4O2/c20-14-3-1-2-13(10-14)4-9-18(26)23-24-19(27)17-11-22-12-25(17)16-7-5-15(21)6-8-16/h1-12H,(H,23,26)(H,24,27)/b9-4+. The number of halogens is 2. The third-order valence-electron chi connectivity index (χ3n) is 3.55. The molecule has 0 bridgehead atoms. The Hall–Kier alpha value is -3.45. The molecule has 1 aromatic heterocycles. The van der Waals surface area contributed by atoms with E-state index in [4.69, 9.17) is 11.6 Å². The summed E-state index contributed by atoms with van der Waals surface area (Å²) in [5, 5.41) is 0.555. The summed E-state index contributed by atoms with van der Waals surface area (Å²) in [6.07, 6.45) is 5.59. The molecule has 27 heavy (non-hydrogen) atoms. The molecule has 0 aliphatic rings. The summed E-state index contributed by atoms with van der Waals surface area (Å²) in [6.45, 7) is 0. The molecular formula is C19H14ClFN4O2. The zero-order chi connectivity index (χ0) is 19.2. The van der Waals surface area contributed by atoms with E-state index < -0.39 is 11.8 Å². The molecule has 0 fully saturated rings. The molecule has 8 heteroatoms. The molecule has 0 saturated heterocycles. The van der Waals surface area contributed by atoms with Crippen LogP contribution in [0.15, 0.2) is 67.1 Å². The van der Waals surface area contributed by atoms with E-state index in [1.807, 2.05) is 0 Å². The van der Waals surface area contributed by atoms with Gasteiger partial charge in [-0.05, 0) is 48.0 Å². The zero-order valence-electron chi connectivity index (χ0n) is 13.9. The lowest BCUT2D eigenvalue weighted by atomic mass is 10.2. The first-order chi connectivity index (χ1) is 13.0. The maximum atomic E-state index is 13.0. The van der Waals surface area contributed by atoms with E-state index in [9.17, 15) is 14.0 Å². The number of amides is 2. The van der Waals surface area contributed by atoms with Crippen LogP contribution in [0.3, 0.4) is 0 Å². The summed E-state index contributed by atoms with van der Waals surface area (Å²) < 4.78 is 14.5. The van der Waals surface area contributed by atoms with Crippen LogP contribution in [-0.2, 0) is 4.79 Å². The quantitative estimate of drug-likeness (QED) is 0.536. The van der Waals surface area contributed by atoms with Crippen molar-refractivity contribution in [2.24, 2.45) is 0 Å². The Labute approximate surface area is 159 Å². The molecule has 1 heterocycles. The second-order valence-electron chi connectivity index (χ2n) is 5.46. The Bertz CT molecular complexity index is 999. The number of benzene rings is 2. The SMILES string of the molecule is O=C(/C=C/c1cccc(Cl)c1)NNC(=O)c1cncn1-c1ccc(F)cc1. The van der Waals surface area contributed by atoms with Gasteiger partial charge in [0.1, 0.15) is 11.5 Å². The highest BCUT2D eigenvalue weighted by atomic mass is 35.5. The maximum Gasteiger partial charge on any atom is 0.288 e. The highest BCUT2D eigenvalue weighted by Gasteiger charge is 2.13. The van der Waals surface area contributed by atoms with E-state index in [1.165, 1.54) is 47.4 Å². The number of carbonyl (C=O) groups is 2. The first-order valence-electron chi connectivity index (χ1n) is 7.85. The zero-order valence-corrected chi connectivity index (χ0v) is 14.7. The van der Waals surface area contributed by atoms with Crippen LogP contribution >= 0.6 is 11.6 Å². The van der Waals surface area contributed by atoms with Crippen LogP contribution in [0.2, 0.25) is 5.02 Å². The molecule has 2 N–H and O–H groups in total. The highest BCUT2D eigenvalue weighted by molar-refractivity contribution is 6.30. The monoisotopic (exact) mass is 384 g/mol. The number of nitrogens with zero attached hydrogens (tertiary/aromatic N) is 2. The van der Waals surface area contributed by atoms with Crippen LogP contribution in [0.5, 0.6) is 0 Å². The minimum Gasteiger partial charge on any atom is -0.295 e. The Balaban J connectivity index is 1.62. The predicted molar refractivity (Wildman–Crippen MR) is 99.6 cm³/mol. The van der Waals surface area contributed by atoms with Gasteiger partial charge in [0.15, 0.2) is 0 Å². The minimum atomic E-state index is -0.568. The fourth-order valence-corrected chi connectivity index (χ4v) is 2.48. The highest BCUT2D eigenvalue weighted by Crippen LogP contribution is 2.13. The molecule has 0 saturated carbocycles. The Morgan fingerprint density at radius 2 is 1.89 bits per heavy atom. The molecule has 0 spiro atoms. The minimum absolute atomic E-state index is 0.181. The fraction of sp³-hybridized carbons (Fsp3) is 0. The predicted octanol–water partition coefficient (Wildman–Crippen LogP) is 3.14. The van der Waals surface area contributed by atoms with Gasteiger partial charge in [0, 0.05) is 16.8 Å². The summed E-state index contributed by atoms with van der Waals surface area (Å²) in [4.78, 5) is 28.1. The molecule has 0 radical (unpaired) electrons. The van der Waals surface area contributed by atoms with Crippen molar-refractivity contribution in [1.29, 1.82) is 0 Å². The van der Waals surface area contributed by atoms with Crippen LogP contribution in [0.1, 0.15) is 16.1 Å². The van der Waals surface area contributed by atoms with Crippen LogP contribution < -0.4 is 10.9 Å². The van der Waals surface area contributed by atoms with Gasteiger partial charge in [-0.1, -0.05) is 23.7 Å². The Morgan fingerprint density at radius 3 is 2.63 bits per heavy atom. The average molecular weight is 385 g/mol. The van der Waals surface area contributed by atoms with E-state index in [-0.39, 0.29) is 11.5 Å². The van der Waals surface area contributed by atoms with Gasteiger partial charge in [0.05, 0.1) is 12.5 Å². The summed E-state index contributed by atoms with van der Waals surface area (Å²) >= 11 is 5.87. The van der Waals surface area contributed by atoms with Crippen molar-refractivity contribution in [3.05, 3.63) is 89.2 Å². The number of imidazole rings is 1. The molecule has 136 valence electrons. The van der Waals surface area contributed by atoms with Crippen LogP contribution in [0.4, 0.5) is 4.39 Å². The second-order valence-corrected chi connectivity index (χ2v) is 5.89. The number of hydrogen-bond donors (Lipinski definition) is 2. The second kappa shape index (κ2) is 8.29. The van der Waals surface area contributed by atoms with Gasteiger partial charge in [-0.15, -0.1) is 0 Å². The first kappa shape index (κ1) is 18.3. The molecule has 0 aliphatic carbocycles. The van der Waals surface area contributed by atoms with Crippen molar-refractivity contribution in [1.82, 2.24) is 20.4 Å². The fourth-order valence-electron chi connectivity index (χ4n) is 2.28. The number of hydrogen-bond acceptors (Lipinski definition) is 3. The largest absolute Gasteiger partial charge is 0.295 e. The normalized spacial score (nSPS) is 10.7. The van der Waals surface area contributed by atoms with E-state index in [2.05, 4.69) is 15.8 Å². The third kappa shape index (κ3) is 4.80. The number of rotatable bonds is 4. The van der Waals surface area contributed by atoms with Crippen molar-refractivity contribution in [2.75, 3.05) is 0 Å². The third-order valence-corrected chi connectivity index (χ3v) is 3.79. The topological polar surface area (TPSA) is 76.0 Å². The van der Waals surface area contributed by atoms with E-state index in [0.29, 0.717) is 10.7 Å². The van der Waals surface area contributed by atoms with Gasteiger partial charge in [-0.2, -0.15) is 0 Å². The van der Waals surface area contributed by atoms with Gasteiger partial charge < -0.3 is 0 Å². The van der Waals surface area contributed by atoms with Gasteiger partial charge in [-0.3, -0.25) is 25.0 Å². The molecule has 0 aliphatic heterocycles. The van der Waals surface area contributed by atoms with Crippen molar-refractivity contribution in [3.8, 4) is 5.69 Å². The van der Waals surface area contributed by atoms with Crippen molar-refractivity contribution in [2.45, 2.75) is 0 Å². The smallest absolute Gasteiger partial charge is 0.288 e. The molecule has 0 unspecified atom stereocenters. The lowest BCUT2D eigenvalue weighted by Crippen LogP contribution is -2.41. The molecular weight excluding hydrogens is 371 g/mol. The van der Waals surface area contributed by atoms with Gasteiger partial charge in [-0.25, -0.2) is 9.37 Å². The van der Waals surface area contributed by atoms with Crippen molar-refractivity contribution < 1.29 is 14.0 Å². The Kier molecular flexibility index (Phi) is 5.63.